The fraction of sp³-hybridized carbons (Fsp3) is 0.419. The van der Waals surface area contributed by atoms with Crippen molar-refractivity contribution in [3.8, 4) is 6.07 Å². The molecule has 2 aliphatic rings. The molecule has 3 heterocycles. The number of carbonyl (C=O) groups excluding carboxylic acids is 3. The summed E-state index contributed by atoms with van der Waals surface area (Å²) in [6.45, 7) is 8.36. The highest BCUT2D eigenvalue weighted by atomic mass is 16.2. The van der Waals surface area contributed by atoms with Crippen molar-refractivity contribution >= 4 is 34.3 Å². The van der Waals surface area contributed by atoms with Crippen LogP contribution in [0.25, 0.3) is 10.9 Å². The zero-order valence-electron chi connectivity index (χ0n) is 23.1. The molecule has 8 heteroatoms. The fourth-order valence-electron chi connectivity index (χ4n) is 6.01. The van der Waals surface area contributed by atoms with Gasteiger partial charge in [-0.2, -0.15) is 5.26 Å². The Morgan fingerprint density at radius 1 is 1.15 bits per heavy atom. The standard InChI is InChI=1S/C31H35N5O3/c1-18(2)12-27(35(5)28(37)26-14-21-13-20(19(3)4)10-11-24(21)33-26)29(38)36-17-31(15-22(36)16-32)23-8-6-7-9-25(23)34-30(31)39/h6-11,13-14,18-19,22,27,33H,12,15,17H2,1-5H3,(H,34,39)/t22?,27-,31-/m0/s1. The van der Waals surface area contributed by atoms with E-state index in [-0.39, 0.29) is 36.6 Å². The Morgan fingerprint density at radius 2 is 1.90 bits per heavy atom. The number of aromatic nitrogens is 1. The summed E-state index contributed by atoms with van der Waals surface area (Å²) < 4.78 is 0. The highest BCUT2D eigenvalue weighted by molar-refractivity contribution is 6.07. The first-order chi connectivity index (χ1) is 18.6. The number of nitriles is 1. The van der Waals surface area contributed by atoms with E-state index in [2.05, 4.69) is 42.4 Å². The molecule has 39 heavy (non-hydrogen) atoms. The summed E-state index contributed by atoms with van der Waals surface area (Å²) >= 11 is 0. The van der Waals surface area contributed by atoms with Crippen LogP contribution in [0.2, 0.25) is 0 Å². The van der Waals surface area contributed by atoms with Crippen LogP contribution in [0, 0.1) is 17.2 Å². The lowest BCUT2D eigenvalue weighted by atomic mass is 9.80. The maximum Gasteiger partial charge on any atom is 0.270 e. The molecule has 0 saturated carbocycles. The third-order valence-electron chi connectivity index (χ3n) is 8.23. The first-order valence-corrected chi connectivity index (χ1v) is 13.6. The van der Waals surface area contributed by atoms with E-state index >= 15 is 0 Å². The van der Waals surface area contributed by atoms with Crippen molar-refractivity contribution in [1.29, 1.82) is 5.26 Å². The van der Waals surface area contributed by atoms with Crippen molar-refractivity contribution in [2.75, 3.05) is 18.9 Å². The Hall–Kier alpha value is -4.12. The van der Waals surface area contributed by atoms with Crippen LogP contribution in [0.3, 0.4) is 0 Å². The van der Waals surface area contributed by atoms with E-state index in [1.54, 1.807) is 7.05 Å². The van der Waals surface area contributed by atoms with Crippen LogP contribution in [0.15, 0.2) is 48.5 Å². The van der Waals surface area contributed by atoms with Crippen molar-refractivity contribution < 1.29 is 14.4 Å². The zero-order valence-corrected chi connectivity index (χ0v) is 23.1. The van der Waals surface area contributed by atoms with Gasteiger partial charge in [0, 0.05) is 36.6 Å². The maximum atomic E-state index is 14.1. The lowest BCUT2D eigenvalue weighted by Crippen LogP contribution is -2.52. The van der Waals surface area contributed by atoms with E-state index < -0.39 is 17.5 Å². The topological polar surface area (TPSA) is 109 Å². The summed E-state index contributed by atoms with van der Waals surface area (Å²) in [5, 5.41) is 13.9. The minimum absolute atomic E-state index is 0.105. The van der Waals surface area contributed by atoms with Crippen molar-refractivity contribution in [2.24, 2.45) is 5.92 Å². The molecule has 1 saturated heterocycles. The van der Waals surface area contributed by atoms with Crippen LogP contribution < -0.4 is 5.32 Å². The average Bonchev–Trinajstić information content (AvgIpc) is 3.59. The van der Waals surface area contributed by atoms with Crippen LogP contribution in [-0.4, -0.2) is 58.2 Å². The average molecular weight is 526 g/mol. The predicted octanol–water partition coefficient (Wildman–Crippen LogP) is 4.79. The second-order valence-corrected chi connectivity index (χ2v) is 11.6. The Labute approximate surface area is 229 Å². The summed E-state index contributed by atoms with van der Waals surface area (Å²) in [6, 6.07) is 16.1. The molecule has 1 fully saturated rings. The van der Waals surface area contributed by atoms with Crippen LogP contribution in [-0.2, 0) is 15.0 Å². The molecule has 1 unspecified atom stereocenters. The van der Waals surface area contributed by atoms with Crippen molar-refractivity contribution in [2.45, 2.75) is 64.0 Å². The molecule has 3 amide bonds. The SMILES string of the molecule is CC(C)C[C@@H](C(=O)N1C[C@]2(CC1C#N)C(=O)Nc1ccccc12)N(C)C(=O)c1cc2cc(C(C)C)ccc2[nH]1. The van der Waals surface area contributed by atoms with Gasteiger partial charge in [0.25, 0.3) is 5.91 Å². The predicted molar refractivity (Wildman–Crippen MR) is 150 cm³/mol. The smallest absolute Gasteiger partial charge is 0.270 e. The van der Waals surface area contributed by atoms with Gasteiger partial charge in [-0.05, 0) is 53.6 Å². The minimum Gasteiger partial charge on any atom is -0.351 e. The lowest BCUT2D eigenvalue weighted by Gasteiger charge is -2.33. The third kappa shape index (κ3) is 4.46. The normalized spacial score (nSPS) is 20.9. The summed E-state index contributed by atoms with van der Waals surface area (Å²) in [4.78, 5) is 47.2. The van der Waals surface area contributed by atoms with Crippen molar-refractivity contribution in [3.63, 3.8) is 0 Å². The van der Waals surface area contributed by atoms with E-state index in [4.69, 9.17) is 0 Å². The van der Waals surface area contributed by atoms with Crippen LogP contribution >= 0.6 is 0 Å². The van der Waals surface area contributed by atoms with Crippen molar-refractivity contribution in [3.05, 3.63) is 65.4 Å². The summed E-state index contributed by atoms with van der Waals surface area (Å²) in [5.41, 5.74) is 3.02. The molecule has 3 atom stereocenters. The minimum atomic E-state index is -0.969. The van der Waals surface area contributed by atoms with Gasteiger partial charge in [-0.15, -0.1) is 0 Å². The maximum absolute atomic E-state index is 14.1. The molecule has 2 N–H and O–H groups in total. The number of nitrogens with zero attached hydrogens (tertiary/aromatic N) is 3. The number of para-hydroxylation sites is 1. The number of hydrogen-bond acceptors (Lipinski definition) is 4. The quantitative estimate of drug-likeness (QED) is 0.482. The molecular formula is C31H35N5O3. The number of hydrogen-bond donors (Lipinski definition) is 2. The number of rotatable bonds is 6. The van der Waals surface area contributed by atoms with Gasteiger partial charge in [0.2, 0.25) is 11.8 Å². The highest BCUT2D eigenvalue weighted by Crippen LogP contribution is 2.46. The molecule has 0 bridgehead atoms. The number of fused-ring (bicyclic) bond motifs is 3. The van der Waals surface area contributed by atoms with Gasteiger partial charge in [-0.25, -0.2) is 0 Å². The number of amides is 3. The molecule has 0 radical (unpaired) electrons. The van der Waals surface area contributed by atoms with Crippen molar-refractivity contribution in [1.82, 2.24) is 14.8 Å². The number of likely N-dealkylation sites (tertiary alicyclic amines) is 1. The Morgan fingerprint density at radius 3 is 2.59 bits per heavy atom. The molecule has 202 valence electrons. The number of H-pyrrole nitrogens is 1. The summed E-state index contributed by atoms with van der Waals surface area (Å²) in [6.07, 6.45) is 0.660. The lowest BCUT2D eigenvalue weighted by molar-refractivity contribution is -0.136. The van der Waals surface area contributed by atoms with E-state index in [1.807, 2.05) is 50.2 Å². The zero-order chi connectivity index (χ0) is 28.1. The molecular weight excluding hydrogens is 490 g/mol. The summed E-state index contributed by atoms with van der Waals surface area (Å²) in [5.74, 6) is -0.299. The van der Waals surface area contributed by atoms with Crippen LogP contribution in [0.1, 0.15) is 68.1 Å². The number of anilines is 1. The van der Waals surface area contributed by atoms with Gasteiger partial charge in [-0.3, -0.25) is 14.4 Å². The van der Waals surface area contributed by atoms with Gasteiger partial charge in [0.1, 0.15) is 17.8 Å². The van der Waals surface area contributed by atoms with E-state index in [0.717, 1.165) is 22.2 Å². The van der Waals surface area contributed by atoms with Crippen LogP contribution in [0.4, 0.5) is 5.69 Å². The van der Waals surface area contributed by atoms with E-state index in [0.29, 0.717) is 18.0 Å². The third-order valence-corrected chi connectivity index (χ3v) is 8.23. The second-order valence-electron chi connectivity index (χ2n) is 11.6. The molecule has 8 nitrogen and oxygen atoms in total. The molecule has 2 aromatic carbocycles. The first kappa shape index (κ1) is 26.5. The van der Waals surface area contributed by atoms with E-state index in [9.17, 15) is 19.6 Å². The fourth-order valence-corrected chi connectivity index (χ4v) is 6.01. The van der Waals surface area contributed by atoms with Gasteiger partial charge < -0.3 is 20.1 Å². The van der Waals surface area contributed by atoms with Crippen LogP contribution in [0.5, 0.6) is 0 Å². The van der Waals surface area contributed by atoms with Gasteiger partial charge in [0.05, 0.1) is 11.5 Å². The number of aromatic amines is 1. The molecule has 5 rings (SSSR count). The first-order valence-electron chi connectivity index (χ1n) is 13.6. The Kier molecular flexibility index (Phi) is 6.71. The molecule has 1 spiro atoms. The molecule has 2 aliphatic heterocycles. The largest absolute Gasteiger partial charge is 0.351 e. The highest BCUT2D eigenvalue weighted by Gasteiger charge is 2.56. The number of nitrogens with one attached hydrogen (secondary N) is 2. The molecule has 0 aliphatic carbocycles. The number of likely N-dealkylation sites (N-methyl/N-ethyl adjacent to an activating group) is 1. The Bertz CT molecular complexity index is 1500. The molecule has 1 aromatic heterocycles. The Balaban J connectivity index is 1.45. The van der Waals surface area contributed by atoms with Gasteiger partial charge in [0.15, 0.2) is 0 Å². The van der Waals surface area contributed by atoms with Gasteiger partial charge in [-0.1, -0.05) is 52.0 Å². The van der Waals surface area contributed by atoms with Gasteiger partial charge >= 0.3 is 0 Å². The number of carbonyl (C=O) groups is 3. The van der Waals surface area contributed by atoms with E-state index in [1.165, 1.54) is 15.4 Å². The second kappa shape index (κ2) is 9.88. The number of benzene rings is 2. The monoisotopic (exact) mass is 525 g/mol. The molecule has 3 aromatic rings. The summed E-state index contributed by atoms with van der Waals surface area (Å²) in [7, 11) is 1.64.